The lowest BCUT2D eigenvalue weighted by Gasteiger charge is -2.28. The van der Waals surface area contributed by atoms with Crippen LogP contribution in [-0.2, 0) is 0 Å². The van der Waals surface area contributed by atoms with E-state index in [0.717, 1.165) is 25.7 Å². The molecule has 7 heteroatoms. The number of nitrogens with zero attached hydrogens (tertiary/aromatic N) is 2. The Morgan fingerprint density at radius 1 is 1.38 bits per heavy atom. The number of hydrogen-bond donors (Lipinski definition) is 2. The highest BCUT2D eigenvalue weighted by molar-refractivity contribution is 6.02. The largest absolute Gasteiger partial charge is 0.383 e. The van der Waals surface area contributed by atoms with Gasteiger partial charge in [0, 0.05) is 26.2 Å². The summed E-state index contributed by atoms with van der Waals surface area (Å²) in [6.45, 7) is 2.51. The number of terminal acetylenes is 1. The number of carbonyl (C=O) groups is 1. The van der Waals surface area contributed by atoms with Crippen LogP contribution in [0.15, 0.2) is 12.1 Å². The van der Waals surface area contributed by atoms with Gasteiger partial charge in [-0.3, -0.25) is 14.9 Å². The first kappa shape index (κ1) is 19.6. The molecule has 0 radical (unpaired) electrons. The molecule has 1 aromatic carbocycles. The van der Waals surface area contributed by atoms with E-state index in [-0.39, 0.29) is 23.2 Å². The first-order valence-corrected chi connectivity index (χ1v) is 8.83. The summed E-state index contributed by atoms with van der Waals surface area (Å²) in [4.78, 5) is 25.5. The van der Waals surface area contributed by atoms with Gasteiger partial charge in [-0.1, -0.05) is 12.8 Å². The maximum atomic E-state index is 12.9. The molecule has 0 saturated heterocycles. The van der Waals surface area contributed by atoms with Crippen LogP contribution in [-0.4, -0.2) is 37.5 Å². The zero-order valence-electron chi connectivity index (χ0n) is 15.5. The smallest absolute Gasteiger partial charge is 0.293 e. The molecule has 140 valence electrons. The van der Waals surface area contributed by atoms with E-state index in [1.807, 2.05) is 0 Å². The molecule has 0 unspecified atom stereocenters. The minimum atomic E-state index is -0.490. The topological polar surface area (TPSA) is 87.5 Å². The van der Waals surface area contributed by atoms with E-state index in [1.165, 1.54) is 6.07 Å². The Labute approximate surface area is 154 Å². The van der Waals surface area contributed by atoms with E-state index in [9.17, 15) is 14.9 Å². The fraction of sp³-hybridized carbons (Fsp3) is 0.526. The predicted molar refractivity (Wildman–Crippen MR) is 104 cm³/mol. The molecule has 0 atom stereocenters. The molecule has 0 heterocycles. The van der Waals surface area contributed by atoms with Gasteiger partial charge in [-0.2, -0.15) is 0 Å². The van der Waals surface area contributed by atoms with Crippen LogP contribution < -0.4 is 15.5 Å². The second kappa shape index (κ2) is 8.56. The number of nitrogens with one attached hydrogen (secondary N) is 2. The standard InChI is InChI=1S/C19H26N4O3/c1-5-10-22(4)17-12-16(20-3)18(23(25)26)11-15(17)19(24)21-14-8-6-13(2)7-9-14/h1,11-14,20H,6-10H2,2-4H3,(H,21,24)/t13-,14-. The number of nitro benzene ring substituents is 1. The first-order valence-electron chi connectivity index (χ1n) is 8.83. The molecule has 7 nitrogen and oxygen atoms in total. The molecule has 1 aliphatic carbocycles. The number of carbonyl (C=O) groups excluding carboxylic acids is 1. The zero-order valence-corrected chi connectivity index (χ0v) is 15.5. The van der Waals surface area contributed by atoms with Crippen molar-refractivity contribution >= 4 is 23.0 Å². The van der Waals surface area contributed by atoms with Crippen molar-refractivity contribution in [3.63, 3.8) is 0 Å². The summed E-state index contributed by atoms with van der Waals surface area (Å²) < 4.78 is 0. The fourth-order valence-electron chi connectivity index (χ4n) is 3.32. The maximum absolute atomic E-state index is 12.9. The third-order valence-electron chi connectivity index (χ3n) is 4.92. The van der Waals surface area contributed by atoms with Crippen LogP contribution in [0.5, 0.6) is 0 Å². The molecule has 2 rings (SSSR count). The Morgan fingerprint density at radius 3 is 2.58 bits per heavy atom. The number of rotatable bonds is 6. The quantitative estimate of drug-likeness (QED) is 0.464. The summed E-state index contributed by atoms with van der Waals surface area (Å²) in [6, 6.07) is 3.04. The maximum Gasteiger partial charge on any atom is 0.293 e. The Bertz CT molecular complexity index is 718. The average Bonchev–Trinajstić information content (AvgIpc) is 2.62. The second-order valence-electron chi connectivity index (χ2n) is 6.88. The van der Waals surface area contributed by atoms with Crippen LogP contribution in [0, 0.1) is 28.4 Å². The molecular formula is C19H26N4O3. The van der Waals surface area contributed by atoms with Crippen molar-refractivity contribution in [2.45, 2.75) is 38.6 Å². The molecule has 0 aliphatic heterocycles. The highest BCUT2D eigenvalue weighted by atomic mass is 16.6. The van der Waals surface area contributed by atoms with Gasteiger partial charge in [-0.25, -0.2) is 0 Å². The third kappa shape index (κ3) is 4.45. The van der Waals surface area contributed by atoms with Crippen molar-refractivity contribution in [1.29, 1.82) is 0 Å². The summed E-state index contributed by atoms with van der Waals surface area (Å²) in [5, 5.41) is 17.2. The molecule has 26 heavy (non-hydrogen) atoms. The lowest BCUT2D eigenvalue weighted by molar-refractivity contribution is -0.383. The van der Waals surface area contributed by atoms with E-state index in [1.54, 1.807) is 25.1 Å². The van der Waals surface area contributed by atoms with E-state index < -0.39 is 4.92 Å². The van der Waals surface area contributed by atoms with Crippen molar-refractivity contribution in [2.75, 3.05) is 30.9 Å². The molecule has 2 N–H and O–H groups in total. The lowest BCUT2D eigenvalue weighted by Crippen LogP contribution is -2.38. The Hall–Kier alpha value is -2.75. The SMILES string of the molecule is C#CCN(C)c1cc(NC)c([N+](=O)[O-])cc1C(=O)N[C@H]1CC[C@H](C)CC1. The fourth-order valence-corrected chi connectivity index (χ4v) is 3.32. The molecule has 1 aliphatic rings. The monoisotopic (exact) mass is 358 g/mol. The van der Waals surface area contributed by atoms with Gasteiger partial charge in [-0.05, 0) is 37.7 Å². The number of nitro groups is 1. The number of anilines is 2. The van der Waals surface area contributed by atoms with Gasteiger partial charge in [-0.15, -0.1) is 6.42 Å². The number of benzene rings is 1. The van der Waals surface area contributed by atoms with Gasteiger partial charge in [0.15, 0.2) is 0 Å². The summed E-state index contributed by atoms with van der Waals surface area (Å²) in [5.41, 5.74) is 1.05. The van der Waals surface area contributed by atoms with Crippen LogP contribution in [0.25, 0.3) is 0 Å². The van der Waals surface area contributed by atoms with Crippen molar-refractivity contribution in [3.8, 4) is 12.3 Å². The number of amides is 1. The predicted octanol–water partition coefficient (Wildman–Crippen LogP) is 3.01. The molecule has 0 spiro atoms. The van der Waals surface area contributed by atoms with Gasteiger partial charge >= 0.3 is 0 Å². The summed E-state index contributed by atoms with van der Waals surface area (Å²) >= 11 is 0. The van der Waals surface area contributed by atoms with Crippen molar-refractivity contribution in [3.05, 3.63) is 27.8 Å². The Kier molecular flexibility index (Phi) is 6.45. The van der Waals surface area contributed by atoms with Crippen LogP contribution in [0.2, 0.25) is 0 Å². The average molecular weight is 358 g/mol. The highest BCUT2D eigenvalue weighted by Crippen LogP contribution is 2.33. The third-order valence-corrected chi connectivity index (χ3v) is 4.92. The zero-order chi connectivity index (χ0) is 19.3. The van der Waals surface area contributed by atoms with Gasteiger partial charge in [0.1, 0.15) is 5.69 Å². The van der Waals surface area contributed by atoms with Gasteiger partial charge < -0.3 is 15.5 Å². The van der Waals surface area contributed by atoms with Crippen molar-refractivity contribution in [1.82, 2.24) is 5.32 Å². The molecule has 1 amide bonds. The Morgan fingerprint density at radius 2 is 2.04 bits per heavy atom. The highest BCUT2D eigenvalue weighted by Gasteiger charge is 2.26. The van der Waals surface area contributed by atoms with Crippen LogP contribution in [0.3, 0.4) is 0 Å². The van der Waals surface area contributed by atoms with Crippen LogP contribution >= 0.6 is 0 Å². The summed E-state index contributed by atoms with van der Waals surface area (Å²) in [7, 11) is 3.37. The molecule has 1 aromatic rings. The van der Waals surface area contributed by atoms with Gasteiger partial charge in [0.25, 0.3) is 11.6 Å². The van der Waals surface area contributed by atoms with E-state index in [4.69, 9.17) is 6.42 Å². The van der Waals surface area contributed by atoms with E-state index in [0.29, 0.717) is 23.8 Å². The lowest BCUT2D eigenvalue weighted by atomic mass is 9.87. The molecule has 0 aromatic heterocycles. The second-order valence-corrected chi connectivity index (χ2v) is 6.88. The van der Waals surface area contributed by atoms with Crippen molar-refractivity contribution in [2.24, 2.45) is 5.92 Å². The van der Waals surface area contributed by atoms with Gasteiger partial charge in [0.05, 0.1) is 22.7 Å². The van der Waals surface area contributed by atoms with Crippen LogP contribution in [0.1, 0.15) is 43.0 Å². The number of hydrogen-bond acceptors (Lipinski definition) is 5. The van der Waals surface area contributed by atoms with Crippen LogP contribution in [0.4, 0.5) is 17.1 Å². The van der Waals surface area contributed by atoms with Crippen molar-refractivity contribution < 1.29 is 9.72 Å². The molecular weight excluding hydrogens is 332 g/mol. The molecule has 1 saturated carbocycles. The Balaban J connectivity index is 2.36. The summed E-state index contributed by atoms with van der Waals surface area (Å²) in [5.74, 6) is 2.91. The summed E-state index contributed by atoms with van der Waals surface area (Å²) in [6.07, 6.45) is 9.40. The first-order chi connectivity index (χ1) is 12.4. The van der Waals surface area contributed by atoms with Gasteiger partial charge in [0.2, 0.25) is 0 Å². The van der Waals surface area contributed by atoms with E-state index in [2.05, 4.69) is 23.5 Å². The minimum absolute atomic E-state index is 0.104. The minimum Gasteiger partial charge on any atom is -0.383 e. The molecule has 0 bridgehead atoms. The van der Waals surface area contributed by atoms with E-state index >= 15 is 0 Å². The normalized spacial score (nSPS) is 19.3. The molecule has 1 fully saturated rings.